The molecule has 0 saturated heterocycles. The molecule has 0 fully saturated rings. The standard InChI is InChI=1S/C16H20N2OS/c1-4-15(19)18-16-17-14(10-20-16)13-7-5-12(6-8-13)9-11(2)3/h5-8,10-11H,4,9H2,1-3H3,(H,17,18,19). The predicted molar refractivity (Wildman–Crippen MR) is 85.0 cm³/mol. The maximum atomic E-state index is 11.3. The van der Waals surface area contributed by atoms with Crippen LogP contribution in [-0.4, -0.2) is 10.9 Å². The summed E-state index contributed by atoms with van der Waals surface area (Å²) in [6.45, 7) is 6.27. The summed E-state index contributed by atoms with van der Waals surface area (Å²) in [5.74, 6) is 0.661. The van der Waals surface area contributed by atoms with Gasteiger partial charge in [-0.25, -0.2) is 4.98 Å². The molecule has 0 radical (unpaired) electrons. The SMILES string of the molecule is CCC(=O)Nc1nc(-c2ccc(CC(C)C)cc2)cs1. The summed E-state index contributed by atoms with van der Waals surface area (Å²) >= 11 is 1.46. The van der Waals surface area contributed by atoms with Crippen molar-refractivity contribution in [3.63, 3.8) is 0 Å². The topological polar surface area (TPSA) is 42.0 Å². The number of aromatic nitrogens is 1. The molecule has 0 bridgehead atoms. The number of rotatable bonds is 5. The number of nitrogens with zero attached hydrogens (tertiary/aromatic N) is 1. The van der Waals surface area contributed by atoms with Crippen molar-refractivity contribution in [2.75, 3.05) is 5.32 Å². The molecule has 0 atom stereocenters. The fourth-order valence-corrected chi connectivity index (χ4v) is 2.69. The Morgan fingerprint density at radius 2 is 2.00 bits per heavy atom. The summed E-state index contributed by atoms with van der Waals surface area (Å²) in [4.78, 5) is 15.8. The molecule has 0 unspecified atom stereocenters. The minimum Gasteiger partial charge on any atom is -0.302 e. The first kappa shape index (κ1) is 14.7. The normalized spacial score (nSPS) is 10.8. The third-order valence-corrected chi connectivity index (χ3v) is 3.72. The molecule has 106 valence electrons. The first-order chi connectivity index (χ1) is 9.58. The van der Waals surface area contributed by atoms with E-state index in [0.29, 0.717) is 17.5 Å². The highest BCUT2D eigenvalue weighted by molar-refractivity contribution is 7.14. The lowest BCUT2D eigenvalue weighted by Crippen LogP contribution is -2.08. The average molecular weight is 288 g/mol. The van der Waals surface area contributed by atoms with Crippen LogP contribution in [0.3, 0.4) is 0 Å². The van der Waals surface area contributed by atoms with Gasteiger partial charge in [0.15, 0.2) is 5.13 Å². The number of hydrogen-bond acceptors (Lipinski definition) is 3. The Kier molecular flexibility index (Phi) is 4.90. The smallest absolute Gasteiger partial charge is 0.225 e. The van der Waals surface area contributed by atoms with Crippen LogP contribution in [0.1, 0.15) is 32.8 Å². The Morgan fingerprint density at radius 3 is 2.60 bits per heavy atom. The molecule has 0 saturated carbocycles. The summed E-state index contributed by atoms with van der Waals surface area (Å²) in [6, 6.07) is 8.49. The predicted octanol–water partition coefficient (Wildman–Crippen LogP) is 4.36. The van der Waals surface area contributed by atoms with Gasteiger partial charge < -0.3 is 5.32 Å². The molecule has 0 spiro atoms. The molecule has 0 aliphatic heterocycles. The van der Waals surface area contributed by atoms with Crippen LogP contribution < -0.4 is 5.32 Å². The minimum atomic E-state index is -0.00168. The molecule has 1 heterocycles. The highest BCUT2D eigenvalue weighted by atomic mass is 32.1. The molecule has 2 rings (SSSR count). The molecule has 3 nitrogen and oxygen atoms in total. The molecule has 1 amide bonds. The second-order valence-corrected chi connectivity index (χ2v) is 6.09. The van der Waals surface area contributed by atoms with Gasteiger partial charge in [-0.15, -0.1) is 11.3 Å². The zero-order valence-electron chi connectivity index (χ0n) is 12.1. The fourth-order valence-electron chi connectivity index (χ4n) is 1.95. The van der Waals surface area contributed by atoms with Crippen LogP contribution in [-0.2, 0) is 11.2 Å². The molecule has 1 aromatic carbocycles. The summed E-state index contributed by atoms with van der Waals surface area (Å²) in [5.41, 5.74) is 3.35. The van der Waals surface area contributed by atoms with Crippen LogP contribution >= 0.6 is 11.3 Å². The largest absolute Gasteiger partial charge is 0.302 e. The monoisotopic (exact) mass is 288 g/mol. The van der Waals surface area contributed by atoms with Gasteiger partial charge >= 0.3 is 0 Å². The maximum Gasteiger partial charge on any atom is 0.225 e. The van der Waals surface area contributed by atoms with Crippen molar-refractivity contribution >= 4 is 22.4 Å². The number of carbonyl (C=O) groups is 1. The fraction of sp³-hybridized carbons (Fsp3) is 0.375. The zero-order valence-corrected chi connectivity index (χ0v) is 13.0. The summed E-state index contributed by atoms with van der Waals surface area (Å²) in [6.07, 6.45) is 1.56. The number of anilines is 1. The maximum absolute atomic E-state index is 11.3. The lowest BCUT2D eigenvalue weighted by Gasteiger charge is -2.05. The Morgan fingerprint density at radius 1 is 1.30 bits per heavy atom. The molecule has 0 aliphatic rings. The van der Waals surface area contributed by atoms with Crippen LogP contribution in [0.5, 0.6) is 0 Å². The van der Waals surface area contributed by atoms with Crippen LogP contribution in [0.2, 0.25) is 0 Å². The summed E-state index contributed by atoms with van der Waals surface area (Å²) in [5, 5.41) is 5.43. The quantitative estimate of drug-likeness (QED) is 0.888. The lowest BCUT2D eigenvalue weighted by molar-refractivity contribution is -0.115. The van der Waals surface area contributed by atoms with Crippen molar-refractivity contribution < 1.29 is 4.79 Å². The van der Waals surface area contributed by atoms with Gasteiger partial charge in [-0.2, -0.15) is 0 Å². The third kappa shape index (κ3) is 3.90. The van der Waals surface area contributed by atoms with Crippen molar-refractivity contribution in [3.05, 3.63) is 35.2 Å². The van der Waals surface area contributed by atoms with E-state index in [1.807, 2.05) is 12.3 Å². The highest BCUT2D eigenvalue weighted by Gasteiger charge is 2.07. The van der Waals surface area contributed by atoms with E-state index in [0.717, 1.165) is 17.7 Å². The Balaban J connectivity index is 2.10. The van der Waals surface area contributed by atoms with Crippen molar-refractivity contribution in [2.24, 2.45) is 5.92 Å². The van der Waals surface area contributed by atoms with E-state index in [4.69, 9.17) is 0 Å². The Labute approximate surface area is 124 Å². The number of amides is 1. The van der Waals surface area contributed by atoms with Gasteiger partial charge in [-0.1, -0.05) is 45.0 Å². The average Bonchev–Trinajstić information content (AvgIpc) is 2.87. The van der Waals surface area contributed by atoms with E-state index in [9.17, 15) is 4.79 Å². The van der Waals surface area contributed by atoms with E-state index in [1.165, 1.54) is 16.9 Å². The molecule has 1 aromatic heterocycles. The number of benzene rings is 1. The number of carbonyl (C=O) groups excluding carboxylic acids is 1. The van der Waals surface area contributed by atoms with Crippen LogP contribution in [0, 0.1) is 5.92 Å². The van der Waals surface area contributed by atoms with Crippen molar-refractivity contribution in [1.29, 1.82) is 0 Å². The van der Waals surface area contributed by atoms with E-state index in [-0.39, 0.29) is 5.91 Å². The first-order valence-electron chi connectivity index (χ1n) is 6.93. The lowest BCUT2D eigenvalue weighted by atomic mass is 10.0. The molecule has 0 aliphatic carbocycles. The van der Waals surface area contributed by atoms with Gasteiger partial charge in [-0.3, -0.25) is 4.79 Å². The van der Waals surface area contributed by atoms with Gasteiger partial charge in [-0.05, 0) is 17.9 Å². The second kappa shape index (κ2) is 6.66. The van der Waals surface area contributed by atoms with Gasteiger partial charge in [0, 0.05) is 17.4 Å². The van der Waals surface area contributed by atoms with E-state index < -0.39 is 0 Å². The van der Waals surface area contributed by atoms with Crippen LogP contribution in [0.4, 0.5) is 5.13 Å². The molecule has 1 N–H and O–H groups in total. The van der Waals surface area contributed by atoms with Gasteiger partial charge in [0.1, 0.15) is 0 Å². The molecule has 2 aromatic rings. The first-order valence-corrected chi connectivity index (χ1v) is 7.81. The van der Waals surface area contributed by atoms with Crippen LogP contribution in [0.15, 0.2) is 29.6 Å². The molecule has 20 heavy (non-hydrogen) atoms. The minimum absolute atomic E-state index is 0.00168. The van der Waals surface area contributed by atoms with E-state index in [1.54, 1.807) is 0 Å². The number of thiazole rings is 1. The summed E-state index contributed by atoms with van der Waals surface area (Å²) in [7, 11) is 0. The molecule has 4 heteroatoms. The third-order valence-electron chi connectivity index (χ3n) is 2.97. The van der Waals surface area contributed by atoms with Gasteiger partial charge in [0.2, 0.25) is 5.91 Å². The highest BCUT2D eigenvalue weighted by Crippen LogP contribution is 2.25. The van der Waals surface area contributed by atoms with E-state index >= 15 is 0 Å². The number of hydrogen-bond donors (Lipinski definition) is 1. The summed E-state index contributed by atoms with van der Waals surface area (Å²) < 4.78 is 0. The Hall–Kier alpha value is -1.68. The second-order valence-electron chi connectivity index (χ2n) is 5.23. The van der Waals surface area contributed by atoms with Gasteiger partial charge in [0.25, 0.3) is 0 Å². The zero-order chi connectivity index (χ0) is 14.5. The number of nitrogens with one attached hydrogen (secondary N) is 1. The van der Waals surface area contributed by atoms with Crippen LogP contribution in [0.25, 0.3) is 11.3 Å². The molecular formula is C16H20N2OS. The molecular weight excluding hydrogens is 268 g/mol. The van der Waals surface area contributed by atoms with Gasteiger partial charge in [0.05, 0.1) is 5.69 Å². The van der Waals surface area contributed by atoms with Crippen molar-refractivity contribution in [2.45, 2.75) is 33.6 Å². The van der Waals surface area contributed by atoms with Crippen molar-refractivity contribution in [3.8, 4) is 11.3 Å². The van der Waals surface area contributed by atoms with Crippen molar-refractivity contribution in [1.82, 2.24) is 4.98 Å². The Bertz CT molecular complexity index is 572. The van der Waals surface area contributed by atoms with E-state index in [2.05, 4.69) is 48.4 Å².